The topological polar surface area (TPSA) is 82.5 Å². The number of halogens is 1. The highest BCUT2D eigenvalue weighted by Crippen LogP contribution is 2.27. The summed E-state index contributed by atoms with van der Waals surface area (Å²) in [7, 11) is 0. The number of hydrogen-bond donors (Lipinski definition) is 1. The average Bonchev–Trinajstić information content (AvgIpc) is 3.29. The van der Waals surface area contributed by atoms with Crippen LogP contribution in [-0.4, -0.2) is 33.8 Å². The zero-order chi connectivity index (χ0) is 27.0. The second kappa shape index (κ2) is 12.5. The van der Waals surface area contributed by atoms with Gasteiger partial charge in [-0.15, -0.1) is 0 Å². The fourth-order valence-corrected chi connectivity index (χ4v) is 4.83. The van der Waals surface area contributed by atoms with Crippen LogP contribution in [-0.2, 0) is 20.9 Å². The number of nitrogens with zero attached hydrogens (tertiary/aromatic N) is 2. The van der Waals surface area contributed by atoms with E-state index in [1.165, 1.54) is 11.8 Å². The number of nitrogens with one attached hydrogen (secondary N) is 1. The molecule has 5 rings (SSSR count). The summed E-state index contributed by atoms with van der Waals surface area (Å²) in [6.45, 7) is 0.200. The van der Waals surface area contributed by atoms with Gasteiger partial charge in [0.25, 0.3) is 5.91 Å². The van der Waals surface area contributed by atoms with Crippen molar-refractivity contribution in [2.24, 2.45) is 0 Å². The molecule has 9 heteroatoms. The lowest BCUT2D eigenvalue weighted by molar-refractivity contribution is -0.144. The Kier molecular flexibility index (Phi) is 8.45. The van der Waals surface area contributed by atoms with Crippen molar-refractivity contribution in [3.05, 3.63) is 114 Å². The summed E-state index contributed by atoms with van der Waals surface area (Å²) in [5.74, 6) is 0.417. The van der Waals surface area contributed by atoms with E-state index in [0.29, 0.717) is 28.2 Å². The number of rotatable bonds is 10. The smallest absolute Gasteiger partial charge is 0.316 e. The van der Waals surface area contributed by atoms with Crippen LogP contribution in [0.3, 0.4) is 0 Å². The van der Waals surface area contributed by atoms with E-state index in [9.17, 15) is 9.59 Å². The van der Waals surface area contributed by atoms with Gasteiger partial charge in [-0.25, -0.2) is 4.98 Å². The number of hydrogen-bond acceptors (Lipinski definition) is 6. The molecular weight excluding hydrogens is 534 g/mol. The summed E-state index contributed by atoms with van der Waals surface area (Å²) in [6.07, 6.45) is 0. The zero-order valence-corrected chi connectivity index (χ0v) is 22.3. The molecule has 0 bridgehead atoms. The van der Waals surface area contributed by atoms with Gasteiger partial charge in [-0.05, 0) is 60.2 Å². The van der Waals surface area contributed by atoms with Gasteiger partial charge >= 0.3 is 5.97 Å². The molecule has 7 nitrogen and oxygen atoms in total. The lowest BCUT2D eigenvalue weighted by atomic mass is 10.2. The van der Waals surface area contributed by atoms with E-state index in [-0.39, 0.29) is 5.75 Å². The number of ether oxygens (including phenoxy) is 2. The van der Waals surface area contributed by atoms with Gasteiger partial charge in [0.1, 0.15) is 11.5 Å². The van der Waals surface area contributed by atoms with Crippen molar-refractivity contribution in [1.82, 2.24) is 9.55 Å². The maximum atomic E-state index is 12.4. The van der Waals surface area contributed by atoms with Crippen molar-refractivity contribution in [3.63, 3.8) is 0 Å². The highest BCUT2D eigenvalue weighted by atomic mass is 35.5. The number of aromatic nitrogens is 2. The second-order valence-electron chi connectivity index (χ2n) is 8.54. The van der Waals surface area contributed by atoms with Crippen LogP contribution < -0.4 is 10.1 Å². The number of carbonyl (C=O) groups is 2. The van der Waals surface area contributed by atoms with E-state index in [0.717, 1.165) is 22.3 Å². The fourth-order valence-electron chi connectivity index (χ4n) is 3.85. The Labute approximate surface area is 234 Å². The predicted molar refractivity (Wildman–Crippen MR) is 154 cm³/mol. The lowest BCUT2D eigenvalue weighted by Crippen LogP contribution is -2.21. The van der Waals surface area contributed by atoms with Gasteiger partial charge in [-0.1, -0.05) is 71.9 Å². The number of fused-ring (bicyclic) bond motifs is 1. The summed E-state index contributed by atoms with van der Waals surface area (Å²) in [5, 5.41) is 3.97. The summed E-state index contributed by atoms with van der Waals surface area (Å²) in [6, 6.07) is 31.9. The van der Waals surface area contributed by atoms with Gasteiger partial charge in [0.05, 0.1) is 23.3 Å². The summed E-state index contributed by atoms with van der Waals surface area (Å²) >= 11 is 7.42. The molecule has 0 saturated heterocycles. The standard InChI is InChI=1S/C30H24ClN3O4S/c31-22-11-16-27-26(17-22)33-30(34(27)18-21-7-3-1-4-8-21)39-20-29(36)37-19-28(35)32-23-12-14-25(15-13-23)38-24-9-5-2-6-10-24/h1-17H,18-20H2,(H,32,35). The number of anilines is 1. The normalized spacial score (nSPS) is 10.8. The highest BCUT2D eigenvalue weighted by molar-refractivity contribution is 7.99. The Balaban J connectivity index is 1.14. The van der Waals surface area contributed by atoms with Crippen molar-refractivity contribution >= 4 is 52.0 Å². The number of para-hydroxylation sites is 1. The SMILES string of the molecule is O=C(COC(=O)CSc1nc2cc(Cl)ccc2n1Cc1ccccc1)Nc1ccc(Oc2ccccc2)cc1. The summed E-state index contributed by atoms with van der Waals surface area (Å²) in [4.78, 5) is 29.4. The molecule has 0 radical (unpaired) electrons. The molecular formula is C30H24ClN3O4S. The first kappa shape index (κ1) is 26.3. The maximum Gasteiger partial charge on any atom is 0.316 e. The molecule has 0 aliphatic rings. The molecule has 196 valence electrons. The van der Waals surface area contributed by atoms with Crippen LogP contribution in [0.1, 0.15) is 5.56 Å². The fraction of sp³-hybridized carbons (Fsp3) is 0.100. The molecule has 1 aromatic heterocycles. The van der Waals surface area contributed by atoms with Crippen molar-refractivity contribution in [1.29, 1.82) is 0 Å². The number of carbonyl (C=O) groups excluding carboxylic acids is 2. The first-order valence-corrected chi connectivity index (χ1v) is 13.5. The van der Waals surface area contributed by atoms with Crippen LogP contribution in [0.4, 0.5) is 5.69 Å². The first-order valence-electron chi connectivity index (χ1n) is 12.1. The molecule has 1 heterocycles. The van der Waals surface area contributed by atoms with Crippen molar-refractivity contribution < 1.29 is 19.1 Å². The first-order chi connectivity index (χ1) is 19.0. The minimum absolute atomic E-state index is 0.00461. The monoisotopic (exact) mass is 557 g/mol. The van der Waals surface area contributed by atoms with E-state index in [4.69, 9.17) is 21.1 Å². The van der Waals surface area contributed by atoms with Crippen LogP contribution in [0.5, 0.6) is 11.5 Å². The van der Waals surface area contributed by atoms with Gasteiger partial charge < -0.3 is 19.4 Å². The van der Waals surface area contributed by atoms with Crippen LogP contribution in [0.2, 0.25) is 5.02 Å². The van der Waals surface area contributed by atoms with E-state index in [2.05, 4.69) is 10.3 Å². The van der Waals surface area contributed by atoms with Crippen molar-refractivity contribution in [2.45, 2.75) is 11.7 Å². The Morgan fingerprint density at radius 2 is 1.56 bits per heavy atom. The molecule has 0 fully saturated rings. The Bertz CT molecular complexity index is 1580. The maximum absolute atomic E-state index is 12.4. The number of amides is 1. The number of imidazole rings is 1. The lowest BCUT2D eigenvalue weighted by Gasteiger charge is -2.10. The molecule has 1 N–H and O–H groups in total. The number of thioether (sulfide) groups is 1. The Hall–Kier alpha value is -4.27. The van der Waals surface area contributed by atoms with Crippen LogP contribution >= 0.6 is 23.4 Å². The molecule has 1 amide bonds. The molecule has 0 aliphatic heterocycles. The molecule has 5 aromatic rings. The quantitative estimate of drug-likeness (QED) is 0.150. The summed E-state index contributed by atoms with van der Waals surface area (Å²) in [5.41, 5.74) is 3.33. The van der Waals surface area contributed by atoms with Gasteiger partial charge in [0.15, 0.2) is 11.8 Å². The minimum atomic E-state index is -0.516. The van der Waals surface area contributed by atoms with E-state index < -0.39 is 18.5 Å². The Morgan fingerprint density at radius 3 is 2.31 bits per heavy atom. The minimum Gasteiger partial charge on any atom is -0.457 e. The van der Waals surface area contributed by atoms with Gasteiger partial charge in [-0.2, -0.15) is 0 Å². The van der Waals surface area contributed by atoms with Gasteiger partial charge in [0, 0.05) is 10.7 Å². The number of benzene rings is 4. The van der Waals surface area contributed by atoms with Crippen LogP contribution in [0.15, 0.2) is 108 Å². The zero-order valence-electron chi connectivity index (χ0n) is 20.7. The molecule has 0 saturated carbocycles. The van der Waals surface area contributed by atoms with Gasteiger partial charge in [0.2, 0.25) is 0 Å². The van der Waals surface area contributed by atoms with E-state index >= 15 is 0 Å². The van der Waals surface area contributed by atoms with Gasteiger partial charge in [-0.3, -0.25) is 9.59 Å². The van der Waals surface area contributed by atoms with Crippen molar-refractivity contribution in [3.8, 4) is 11.5 Å². The highest BCUT2D eigenvalue weighted by Gasteiger charge is 2.15. The molecule has 39 heavy (non-hydrogen) atoms. The molecule has 0 aliphatic carbocycles. The Morgan fingerprint density at radius 1 is 0.872 bits per heavy atom. The molecule has 0 atom stereocenters. The van der Waals surface area contributed by atoms with Crippen LogP contribution in [0.25, 0.3) is 11.0 Å². The molecule has 4 aromatic carbocycles. The average molecular weight is 558 g/mol. The summed E-state index contributed by atoms with van der Waals surface area (Å²) < 4.78 is 13.0. The third kappa shape index (κ3) is 7.19. The molecule has 0 unspecified atom stereocenters. The van der Waals surface area contributed by atoms with E-state index in [1.807, 2.05) is 77.4 Å². The predicted octanol–water partition coefficient (Wildman–Crippen LogP) is 6.80. The number of esters is 1. The molecule has 0 spiro atoms. The van der Waals surface area contributed by atoms with Crippen LogP contribution in [0, 0.1) is 0 Å². The largest absolute Gasteiger partial charge is 0.457 e. The second-order valence-corrected chi connectivity index (χ2v) is 9.92. The third-order valence-electron chi connectivity index (χ3n) is 5.66. The third-order valence-corrected chi connectivity index (χ3v) is 6.84. The van der Waals surface area contributed by atoms with Crippen molar-refractivity contribution in [2.75, 3.05) is 17.7 Å². The van der Waals surface area contributed by atoms with E-state index in [1.54, 1.807) is 30.3 Å².